The van der Waals surface area contributed by atoms with Crippen molar-refractivity contribution in [3.8, 4) is 11.6 Å². The Bertz CT molecular complexity index is 935. The zero-order valence-corrected chi connectivity index (χ0v) is 16.2. The number of nitrogens with zero attached hydrogens (tertiary/aromatic N) is 3. The minimum Gasteiger partial charge on any atom is -0.461 e. The van der Waals surface area contributed by atoms with Gasteiger partial charge in [0.2, 0.25) is 11.8 Å². The van der Waals surface area contributed by atoms with Gasteiger partial charge in [0.05, 0.1) is 12.0 Å². The summed E-state index contributed by atoms with van der Waals surface area (Å²) in [5, 5.41) is 11.6. The molecule has 0 aliphatic heterocycles. The standard InChI is InChI=1S/C19H21N5O3S/c1-2-13-5-7-14(8-6-13)21-17(26)12-28-19-23-22-18(15-4-3-11-27-15)24(19)10-9-16(20)25/h3-8,11H,2,9-10,12H2,1H3,(H2,20,25)(H,21,26). The van der Waals surface area contributed by atoms with Crippen LogP contribution in [-0.4, -0.2) is 32.3 Å². The molecule has 146 valence electrons. The summed E-state index contributed by atoms with van der Waals surface area (Å²) in [5.41, 5.74) is 7.22. The van der Waals surface area contributed by atoms with Crippen molar-refractivity contribution in [3.05, 3.63) is 48.2 Å². The maximum absolute atomic E-state index is 12.3. The van der Waals surface area contributed by atoms with E-state index >= 15 is 0 Å². The number of amides is 2. The molecule has 0 aliphatic carbocycles. The first-order valence-corrected chi connectivity index (χ1v) is 9.82. The van der Waals surface area contributed by atoms with Gasteiger partial charge in [-0.3, -0.25) is 14.2 Å². The number of primary amides is 1. The number of hydrogen-bond donors (Lipinski definition) is 2. The minimum atomic E-state index is -0.427. The zero-order chi connectivity index (χ0) is 19.9. The normalized spacial score (nSPS) is 10.8. The molecule has 8 nitrogen and oxygen atoms in total. The average Bonchev–Trinajstić information content (AvgIpc) is 3.34. The monoisotopic (exact) mass is 399 g/mol. The second-order valence-corrected chi connectivity index (χ2v) is 6.98. The Labute approximate surface area is 166 Å². The van der Waals surface area contributed by atoms with Crippen molar-refractivity contribution in [1.29, 1.82) is 0 Å². The number of thioether (sulfide) groups is 1. The Balaban J connectivity index is 1.67. The molecule has 0 aliphatic rings. The molecule has 0 unspecified atom stereocenters. The van der Waals surface area contributed by atoms with Gasteiger partial charge in [-0.2, -0.15) is 0 Å². The van der Waals surface area contributed by atoms with Crippen LogP contribution in [0.3, 0.4) is 0 Å². The summed E-state index contributed by atoms with van der Waals surface area (Å²) in [5.74, 6) is 0.595. The number of nitrogens with one attached hydrogen (secondary N) is 1. The molecule has 0 atom stereocenters. The highest BCUT2D eigenvalue weighted by molar-refractivity contribution is 7.99. The highest BCUT2D eigenvalue weighted by Crippen LogP contribution is 2.25. The van der Waals surface area contributed by atoms with Gasteiger partial charge in [0, 0.05) is 18.7 Å². The van der Waals surface area contributed by atoms with E-state index in [1.807, 2.05) is 24.3 Å². The third kappa shape index (κ3) is 5.01. The molecule has 0 spiro atoms. The predicted molar refractivity (Wildman–Crippen MR) is 107 cm³/mol. The van der Waals surface area contributed by atoms with E-state index in [4.69, 9.17) is 10.2 Å². The topological polar surface area (TPSA) is 116 Å². The van der Waals surface area contributed by atoms with Gasteiger partial charge in [0.25, 0.3) is 0 Å². The molecule has 3 rings (SSSR count). The van der Waals surface area contributed by atoms with Gasteiger partial charge in [-0.05, 0) is 36.2 Å². The predicted octanol–water partition coefficient (Wildman–Crippen LogP) is 2.71. The SMILES string of the molecule is CCc1ccc(NC(=O)CSc2nnc(-c3ccco3)n2CCC(N)=O)cc1. The fourth-order valence-electron chi connectivity index (χ4n) is 2.56. The van der Waals surface area contributed by atoms with Crippen molar-refractivity contribution in [3.63, 3.8) is 0 Å². The van der Waals surface area contributed by atoms with E-state index in [1.165, 1.54) is 23.6 Å². The van der Waals surface area contributed by atoms with Crippen molar-refractivity contribution in [2.75, 3.05) is 11.1 Å². The van der Waals surface area contributed by atoms with Crippen LogP contribution < -0.4 is 11.1 Å². The fraction of sp³-hybridized carbons (Fsp3) is 0.263. The average molecular weight is 399 g/mol. The van der Waals surface area contributed by atoms with E-state index < -0.39 is 5.91 Å². The van der Waals surface area contributed by atoms with Crippen LogP contribution in [0.1, 0.15) is 18.9 Å². The largest absolute Gasteiger partial charge is 0.461 e. The second kappa shape index (κ2) is 9.23. The first kappa shape index (κ1) is 19.7. The van der Waals surface area contributed by atoms with E-state index in [0.29, 0.717) is 23.3 Å². The molecule has 2 aromatic heterocycles. The molecule has 2 amide bonds. The van der Waals surface area contributed by atoms with Gasteiger partial charge in [-0.15, -0.1) is 10.2 Å². The minimum absolute atomic E-state index is 0.134. The number of carbonyl (C=O) groups is 2. The van der Waals surface area contributed by atoms with Crippen LogP contribution in [0.15, 0.2) is 52.2 Å². The summed E-state index contributed by atoms with van der Waals surface area (Å²) in [6, 6.07) is 11.2. The lowest BCUT2D eigenvalue weighted by Gasteiger charge is -2.08. The lowest BCUT2D eigenvalue weighted by Crippen LogP contribution is -2.16. The Kier molecular flexibility index (Phi) is 6.49. The first-order chi connectivity index (χ1) is 13.6. The molecule has 0 saturated carbocycles. The van der Waals surface area contributed by atoms with E-state index in [-0.39, 0.29) is 18.1 Å². The molecule has 0 fully saturated rings. The van der Waals surface area contributed by atoms with Gasteiger partial charge >= 0.3 is 0 Å². The molecule has 2 heterocycles. The molecule has 0 radical (unpaired) electrons. The van der Waals surface area contributed by atoms with Crippen LogP contribution in [0.4, 0.5) is 5.69 Å². The number of aryl methyl sites for hydroxylation is 1. The van der Waals surface area contributed by atoms with Crippen LogP contribution in [0.25, 0.3) is 11.6 Å². The van der Waals surface area contributed by atoms with Crippen molar-refractivity contribution >= 4 is 29.3 Å². The number of aromatic nitrogens is 3. The van der Waals surface area contributed by atoms with Crippen molar-refractivity contribution in [1.82, 2.24) is 14.8 Å². The third-order valence-electron chi connectivity index (χ3n) is 4.02. The summed E-state index contributed by atoms with van der Waals surface area (Å²) in [6.45, 7) is 2.39. The van der Waals surface area contributed by atoms with Crippen LogP contribution in [0.2, 0.25) is 0 Å². The Hall–Kier alpha value is -3.07. The van der Waals surface area contributed by atoms with E-state index in [0.717, 1.165) is 12.1 Å². The first-order valence-electron chi connectivity index (χ1n) is 8.83. The number of carbonyl (C=O) groups excluding carboxylic acids is 2. The van der Waals surface area contributed by atoms with E-state index in [1.54, 1.807) is 16.7 Å². The van der Waals surface area contributed by atoms with Gasteiger partial charge in [-0.25, -0.2) is 0 Å². The maximum Gasteiger partial charge on any atom is 0.234 e. The summed E-state index contributed by atoms with van der Waals surface area (Å²) in [6.07, 6.45) is 2.62. The number of anilines is 1. The Morgan fingerprint density at radius 3 is 2.64 bits per heavy atom. The van der Waals surface area contributed by atoms with Gasteiger partial charge < -0.3 is 15.5 Å². The summed E-state index contributed by atoms with van der Waals surface area (Å²) >= 11 is 1.24. The molecule has 9 heteroatoms. The smallest absolute Gasteiger partial charge is 0.234 e. The molecule has 3 N–H and O–H groups in total. The van der Waals surface area contributed by atoms with Crippen molar-refractivity contribution in [2.24, 2.45) is 5.73 Å². The number of benzene rings is 1. The van der Waals surface area contributed by atoms with Crippen molar-refractivity contribution in [2.45, 2.75) is 31.5 Å². The van der Waals surface area contributed by atoms with Gasteiger partial charge in [0.15, 0.2) is 16.7 Å². The van der Waals surface area contributed by atoms with Crippen LogP contribution in [-0.2, 0) is 22.6 Å². The van der Waals surface area contributed by atoms with Crippen molar-refractivity contribution < 1.29 is 14.0 Å². The highest BCUT2D eigenvalue weighted by Gasteiger charge is 2.18. The number of hydrogen-bond acceptors (Lipinski definition) is 6. The molecule has 0 bridgehead atoms. The second-order valence-electron chi connectivity index (χ2n) is 6.04. The zero-order valence-electron chi connectivity index (χ0n) is 15.4. The number of rotatable bonds is 9. The Morgan fingerprint density at radius 2 is 2.00 bits per heavy atom. The molecule has 0 saturated heterocycles. The van der Waals surface area contributed by atoms with Gasteiger partial charge in [-0.1, -0.05) is 30.8 Å². The van der Waals surface area contributed by atoms with Crippen LogP contribution in [0.5, 0.6) is 0 Å². The van der Waals surface area contributed by atoms with E-state index in [2.05, 4.69) is 22.4 Å². The molecular weight excluding hydrogens is 378 g/mol. The maximum atomic E-state index is 12.3. The summed E-state index contributed by atoms with van der Waals surface area (Å²) in [4.78, 5) is 23.5. The molecule has 1 aromatic carbocycles. The number of furan rings is 1. The summed E-state index contributed by atoms with van der Waals surface area (Å²) < 4.78 is 7.11. The lowest BCUT2D eigenvalue weighted by atomic mass is 10.1. The number of nitrogens with two attached hydrogens (primary N) is 1. The summed E-state index contributed by atoms with van der Waals surface area (Å²) in [7, 11) is 0. The highest BCUT2D eigenvalue weighted by atomic mass is 32.2. The molecular formula is C19H21N5O3S. The van der Waals surface area contributed by atoms with Crippen LogP contribution >= 0.6 is 11.8 Å². The quantitative estimate of drug-likeness (QED) is 0.535. The lowest BCUT2D eigenvalue weighted by molar-refractivity contribution is -0.118. The van der Waals surface area contributed by atoms with Gasteiger partial charge in [0.1, 0.15) is 0 Å². The molecule has 3 aromatic rings. The molecule has 28 heavy (non-hydrogen) atoms. The Morgan fingerprint density at radius 1 is 1.21 bits per heavy atom. The van der Waals surface area contributed by atoms with Crippen LogP contribution in [0, 0.1) is 0 Å². The fourth-order valence-corrected chi connectivity index (χ4v) is 3.32. The third-order valence-corrected chi connectivity index (χ3v) is 4.99. The van der Waals surface area contributed by atoms with E-state index in [9.17, 15) is 9.59 Å².